The highest BCUT2D eigenvalue weighted by molar-refractivity contribution is 5.92. The van der Waals surface area contributed by atoms with Gasteiger partial charge in [-0.3, -0.25) is 0 Å². The van der Waals surface area contributed by atoms with Crippen LogP contribution in [0.2, 0.25) is 0 Å². The van der Waals surface area contributed by atoms with Crippen LogP contribution in [0, 0.1) is 5.92 Å². The molecular formula is C14H18F2O2. The minimum absolute atomic E-state index is 0.0603. The summed E-state index contributed by atoms with van der Waals surface area (Å²) in [5.41, 5.74) is 0.671. The summed E-state index contributed by atoms with van der Waals surface area (Å²) in [5, 5.41) is 9.16. The van der Waals surface area contributed by atoms with Crippen molar-refractivity contribution >= 4 is 5.97 Å². The van der Waals surface area contributed by atoms with E-state index in [1.54, 1.807) is 32.1 Å². The lowest BCUT2D eigenvalue weighted by Gasteiger charge is -2.07. The SMILES string of the molecule is C\C=C/C(=C\C)C(=C\[C@H]1C[C@@H](F)[C@@H](F)C1)/C(=O)O. The molecule has 0 aromatic rings. The average Bonchev–Trinajstić information content (AvgIpc) is 2.62. The van der Waals surface area contributed by atoms with E-state index in [-0.39, 0.29) is 24.3 Å². The molecule has 0 bridgehead atoms. The Kier molecular flexibility index (Phi) is 5.25. The van der Waals surface area contributed by atoms with Gasteiger partial charge in [0.25, 0.3) is 0 Å². The van der Waals surface area contributed by atoms with Crippen LogP contribution in [0.3, 0.4) is 0 Å². The molecule has 2 nitrogen and oxygen atoms in total. The predicted molar refractivity (Wildman–Crippen MR) is 66.8 cm³/mol. The fourth-order valence-corrected chi connectivity index (χ4v) is 2.15. The maximum absolute atomic E-state index is 13.1. The Bertz CT molecular complexity index is 387. The number of aliphatic carboxylic acids is 1. The van der Waals surface area contributed by atoms with Gasteiger partial charge >= 0.3 is 5.97 Å². The lowest BCUT2D eigenvalue weighted by Crippen LogP contribution is -2.06. The number of carboxylic acid groups (broad SMARTS) is 1. The zero-order valence-electron chi connectivity index (χ0n) is 10.6. The lowest BCUT2D eigenvalue weighted by atomic mass is 9.98. The Hall–Kier alpha value is -1.45. The summed E-state index contributed by atoms with van der Waals surface area (Å²) in [4.78, 5) is 11.2. The minimum Gasteiger partial charge on any atom is -0.478 e. The van der Waals surface area contributed by atoms with E-state index in [1.807, 2.05) is 0 Å². The Labute approximate surface area is 106 Å². The zero-order valence-corrected chi connectivity index (χ0v) is 10.6. The summed E-state index contributed by atoms with van der Waals surface area (Å²) in [7, 11) is 0. The zero-order chi connectivity index (χ0) is 13.7. The third-order valence-corrected chi connectivity index (χ3v) is 3.05. The van der Waals surface area contributed by atoms with E-state index in [0.717, 1.165) is 0 Å². The molecule has 1 rings (SSSR count). The lowest BCUT2D eigenvalue weighted by molar-refractivity contribution is -0.132. The van der Waals surface area contributed by atoms with Gasteiger partial charge in [0.05, 0.1) is 5.57 Å². The van der Waals surface area contributed by atoms with Gasteiger partial charge < -0.3 is 5.11 Å². The Morgan fingerprint density at radius 2 is 1.78 bits per heavy atom. The second-order valence-corrected chi connectivity index (χ2v) is 4.39. The molecule has 1 aliphatic carbocycles. The normalized spacial score (nSPS) is 30.1. The van der Waals surface area contributed by atoms with Crippen LogP contribution in [0.4, 0.5) is 8.78 Å². The average molecular weight is 256 g/mol. The number of allylic oxidation sites excluding steroid dienone is 4. The highest BCUT2D eigenvalue weighted by Crippen LogP contribution is 2.33. The third kappa shape index (κ3) is 3.52. The Balaban J connectivity index is 2.96. The maximum atomic E-state index is 13.1. The van der Waals surface area contributed by atoms with Crippen LogP contribution in [-0.4, -0.2) is 23.4 Å². The molecule has 0 spiro atoms. The van der Waals surface area contributed by atoms with E-state index >= 15 is 0 Å². The number of rotatable bonds is 4. The molecule has 0 radical (unpaired) electrons. The van der Waals surface area contributed by atoms with Crippen LogP contribution >= 0.6 is 0 Å². The van der Waals surface area contributed by atoms with Crippen molar-refractivity contribution in [2.24, 2.45) is 5.92 Å². The van der Waals surface area contributed by atoms with Crippen molar-refractivity contribution in [2.75, 3.05) is 0 Å². The molecule has 4 heteroatoms. The van der Waals surface area contributed by atoms with Gasteiger partial charge in [0.2, 0.25) is 0 Å². The molecule has 0 aromatic heterocycles. The highest BCUT2D eigenvalue weighted by atomic mass is 19.2. The molecule has 3 atom stereocenters. The number of alkyl halides is 2. The van der Waals surface area contributed by atoms with Crippen molar-refractivity contribution in [3.63, 3.8) is 0 Å². The predicted octanol–water partition coefficient (Wildman–Crippen LogP) is 3.61. The molecule has 0 heterocycles. The van der Waals surface area contributed by atoms with Crippen molar-refractivity contribution in [3.8, 4) is 0 Å². The molecule has 100 valence electrons. The summed E-state index contributed by atoms with van der Waals surface area (Å²) >= 11 is 0. The summed E-state index contributed by atoms with van der Waals surface area (Å²) in [6, 6.07) is 0. The minimum atomic E-state index is -1.47. The first kappa shape index (κ1) is 14.6. The van der Waals surface area contributed by atoms with Crippen LogP contribution in [0.1, 0.15) is 26.7 Å². The van der Waals surface area contributed by atoms with E-state index in [1.165, 1.54) is 6.08 Å². The monoisotopic (exact) mass is 256 g/mol. The number of hydrogen-bond acceptors (Lipinski definition) is 1. The largest absolute Gasteiger partial charge is 0.478 e. The van der Waals surface area contributed by atoms with E-state index in [4.69, 9.17) is 5.11 Å². The highest BCUT2D eigenvalue weighted by Gasteiger charge is 2.34. The summed E-state index contributed by atoms with van der Waals surface area (Å²) in [5.74, 6) is -1.42. The summed E-state index contributed by atoms with van der Waals surface area (Å²) < 4.78 is 26.1. The van der Waals surface area contributed by atoms with Gasteiger partial charge in [-0.1, -0.05) is 24.3 Å². The van der Waals surface area contributed by atoms with E-state index in [2.05, 4.69) is 0 Å². The van der Waals surface area contributed by atoms with Gasteiger partial charge in [0, 0.05) is 0 Å². The molecule has 1 saturated carbocycles. The van der Waals surface area contributed by atoms with Gasteiger partial charge in [-0.25, -0.2) is 13.6 Å². The molecule has 1 aliphatic rings. The van der Waals surface area contributed by atoms with Gasteiger partial charge in [0.1, 0.15) is 12.3 Å². The Morgan fingerprint density at radius 3 is 2.17 bits per heavy atom. The molecule has 0 aromatic carbocycles. The fraction of sp³-hybridized carbons (Fsp3) is 0.500. The first-order chi connectivity index (χ1) is 8.49. The first-order valence-corrected chi connectivity index (χ1v) is 6.02. The molecule has 1 fully saturated rings. The smallest absolute Gasteiger partial charge is 0.335 e. The molecule has 0 unspecified atom stereocenters. The quantitative estimate of drug-likeness (QED) is 0.616. The van der Waals surface area contributed by atoms with Crippen LogP contribution in [-0.2, 0) is 4.79 Å². The topological polar surface area (TPSA) is 37.3 Å². The van der Waals surface area contributed by atoms with E-state index in [9.17, 15) is 13.6 Å². The van der Waals surface area contributed by atoms with Gasteiger partial charge in [0.15, 0.2) is 0 Å². The molecule has 0 aliphatic heterocycles. The van der Waals surface area contributed by atoms with Crippen molar-refractivity contribution in [3.05, 3.63) is 35.5 Å². The molecule has 0 saturated heterocycles. The fourth-order valence-electron chi connectivity index (χ4n) is 2.15. The molecule has 1 N–H and O–H groups in total. The summed E-state index contributed by atoms with van der Waals surface area (Å²) in [6.45, 7) is 3.52. The molecule has 0 amide bonds. The van der Waals surface area contributed by atoms with Crippen LogP contribution in [0.5, 0.6) is 0 Å². The van der Waals surface area contributed by atoms with Crippen molar-refractivity contribution < 1.29 is 18.7 Å². The third-order valence-electron chi connectivity index (χ3n) is 3.05. The van der Waals surface area contributed by atoms with E-state index < -0.39 is 18.3 Å². The van der Waals surface area contributed by atoms with E-state index in [0.29, 0.717) is 5.57 Å². The number of carboxylic acids is 1. The summed E-state index contributed by atoms with van der Waals surface area (Å²) in [6.07, 6.45) is 3.73. The van der Waals surface area contributed by atoms with Crippen LogP contribution < -0.4 is 0 Å². The number of halogens is 2. The van der Waals surface area contributed by atoms with Crippen molar-refractivity contribution in [1.29, 1.82) is 0 Å². The van der Waals surface area contributed by atoms with Crippen LogP contribution in [0.15, 0.2) is 35.5 Å². The number of carbonyl (C=O) groups is 1. The first-order valence-electron chi connectivity index (χ1n) is 6.02. The van der Waals surface area contributed by atoms with Crippen molar-refractivity contribution in [2.45, 2.75) is 39.0 Å². The standard InChI is InChI=1S/C14H18F2O2/c1-3-5-10(4-2)11(14(17)18)6-9-7-12(15)13(16)8-9/h3-6,9,12-13H,7-8H2,1-2H3,(H,17,18)/b5-3-,10-4+,11-6+/t9-,12+,13-. The number of hydrogen-bond donors (Lipinski definition) is 1. The Morgan fingerprint density at radius 1 is 1.22 bits per heavy atom. The van der Waals surface area contributed by atoms with Crippen molar-refractivity contribution in [1.82, 2.24) is 0 Å². The van der Waals surface area contributed by atoms with Gasteiger partial charge in [-0.15, -0.1) is 0 Å². The maximum Gasteiger partial charge on any atom is 0.335 e. The van der Waals surface area contributed by atoms with Crippen LogP contribution in [0.25, 0.3) is 0 Å². The van der Waals surface area contributed by atoms with Gasteiger partial charge in [-0.2, -0.15) is 0 Å². The second-order valence-electron chi connectivity index (χ2n) is 4.39. The second kappa shape index (κ2) is 6.47. The van der Waals surface area contributed by atoms with Gasteiger partial charge in [-0.05, 0) is 38.2 Å². The molecule has 18 heavy (non-hydrogen) atoms. The molecular weight excluding hydrogens is 238 g/mol.